The third kappa shape index (κ3) is 2.67. The van der Waals surface area contributed by atoms with E-state index in [9.17, 15) is 8.42 Å². The number of para-hydroxylation sites is 1. The van der Waals surface area contributed by atoms with E-state index < -0.39 is 9.84 Å². The minimum Gasteiger partial charge on any atom is -0.377 e. The highest BCUT2D eigenvalue weighted by molar-refractivity contribution is 7.90. The Labute approximate surface area is 108 Å². The van der Waals surface area contributed by atoms with Gasteiger partial charge in [-0.2, -0.15) is 0 Å². The largest absolute Gasteiger partial charge is 0.377 e. The highest BCUT2D eigenvalue weighted by Crippen LogP contribution is 2.34. The number of hydrogen-bond donors (Lipinski definition) is 2. The quantitative estimate of drug-likeness (QED) is 0.873. The van der Waals surface area contributed by atoms with Gasteiger partial charge in [0.1, 0.15) is 0 Å². The first kappa shape index (κ1) is 13.4. The molecule has 0 radical (unpaired) electrons. The second-order valence-corrected chi connectivity index (χ2v) is 7.07. The fraction of sp³-hybridized carbons (Fsp3) is 0.538. The van der Waals surface area contributed by atoms with Crippen LogP contribution < -0.4 is 11.1 Å². The van der Waals surface area contributed by atoms with Gasteiger partial charge < -0.3 is 11.1 Å². The van der Waals surface area contributed by atoms with Crippen LogP contribution in [0.3, 0.4) is 0 Å². The summed E-state index contributed by atoms with van der Waals surface area (Å²) in [5.74, 6) is 0. The van der Waals surface area contributed by atoms with Gasteiger partial charge in [-0.25, -0.2) is 8.42 Å². The van der Waals surface area contributed by atoms with E-state index in [0.717, 1.165) is 25.7 Å². The molecule has 1 aromatic rings. The molecule has 0 aliphatic heterocycles. The number of hydrogen-bond acceptors (Lipinski definition) is 4. The molecule has 0 unspecified atom stereocenters. The molecule has 2 rings (SSSR count). The minimum absolute atomic E-state index is 0.138. The lowest BCUT2D eigenvalue weighted by atomic mass is 9.97. The van der Waals surface area contributed by atoms with Crippen molar-refractivity contribution >= 4 is 15.5 Å². The Kier molecular flexibility index (Phi) is 3.64. The standard InChI is InChI=1S/C13H20N2O2S/c1-18(16,17)12-7-3-2-6-11(12)15-13(10-14)8-4-5-9-13/h2-3,6-7,15H,4-5,8-10,14H2,1H3. The summed E-state index contributed by atoms with van der Waals surface area (Å²) >= 11 is 0. The van der Waals surface area contributed by atoms with E-state index in [1.807, 2.05) is 12.1 Å². The first-order valence-electron chi connectivity index (χ1n) is 6.24. The molecule has 4 nitrogen and oxygen atoms in total. The topological polar surface area (TPSA) is 72.2 Å². The number of anilines is 1. The molecule has 0 amide bonds. The second-order valence-electron chi connectivity index (χ2n) is 5.08. The van der Waals surface area contributed by atoms with Crippen LogP contribution >= 0.6 is 0 Å². The number of sulfone groups is 1. The molecule has 18 heavy (non-hydrogen) atoms. The van der Waals surface area contributed by atoms with Gasteiger partial charge in [0.2, 0.25) is 0 Å². The molecule has 1 saturated carbocycles. The fourth-order valence-corrected chi connectivity index (χ4v) is 3.46. The van der Waals surface area contributed by atoms with Gasteiger partial charge in [-0.05, 0) is 25.0 Å². The van der Waals surface area contributed by atoms with Crippen molar-refractivity contribution in [2.45, 2.75) is 36.1 Å². The average molecular weight is 268 g/mol. The van der Waals surface area contributed by atoms with Crippen LogP contribution in [-0.2, 0) is 9.84 Å². The normalized spacial score (nSPS) is 18.8. The maximum Gasteiger partial charge on any atom is 0.177 e. The van der Waals surface area contributed by atoms with E-state index in [0.29, 0.717) is 17.1 Å². The van der Waals surface area contributed by atoms with Crippen molar-refractivity contribution in [3.8, 4) is 0 Å². The zero-order chi connectivity index (χ0) is 13.2. The number of nitrogens with one attached hydrogen (secondary N) is 1. The predicted octanol–water partition coefficient (Wildman–Crippen LogP) is 1.77. The predicted molar refractivity (Wildman–Crippen MR) is 73.4 cm³/mol. The molecule has 1 aliphatic carbocycles. The van der Waals surface area contributed by atoms with Gasteiger partial charge in [0.05, 0.1) is 10.6 Å². The van der Waals surface area contributed by atoms with Crippen molar-refractivity contribution in [2.24, 2.45) is 5.73 Å². The molecule has 0 saturated heterocycles. The van der Waals surface area contributed by atoms with E-state index in [4.69, 9.17) is 5.73 Å². The monoisotopic (exact) mass is 268 g/mol. The van der Waals surface area contributed by atoms with Crippen LogP contribution in [0.25, 0.3) is 0 Å². The van der Waals surface area contributed by atoms with E-state index in [1.54, 1.807) is 12.1 Å². The van der Waals surface area contributed by atoms with Crippen LogP contribution in [0.1, 0.15) is 25.7 Å². The SMILES string of the molecule is CS(=O)(=O)c1ccccc1NC1(CN)CCCC1. The number of rotatable bonds is 4. The molecule has 5 heteroatoms. The lowest BCUT2D eigenvalue weighted by Crippen LogP contribution is -2.43. The first-order valence-corrected chi connectivity index (χ1v) is 8.13. The smallest absolute Gasteiger partial charge is 0.177 e. The van der Waals surface area contributed by atoms with Crippen molar-refractivity contribution in [1.82, 2.24) is 0 Å². The summed E-state index contributed by atoms with van der Waals surface area (Å²) < 4.78 is 23.5. The van der Waals surface area contributed by atoms with E-state index >= 15 is 0 Å². The summed E-state index contributed by atoms with van der Waals surface area (Å²) in [5.41, 5.74) is 6.40. The molecule has 1 aromatic carbocycles. The Bertz CT molecular complexity index is 520. The zero-order valence-corrected chi connectivity index (χ0v) is 11.5. The summed E-state index contributed by atoms with van der Waals surface area (Å²) in [5, 5.41) is 3.38. The number of benzene rings is 1. The van der Waals surface area contributed by atoms with Crippen LogP contribution in [0.15, 0.2) is 29.2 Å². The maximum absolute atomic E-state index is 11.7. The van der Waals surface area contributed by atoms with Gasteiger partial charge in [0.15, 0.2) is 9.84 Å². The third-order valence-corrected chi connectivity index (χ3v) is 4.79. The van der Waals surface area contributed by atoms with Gasteiger partial charge >= 0.3 is 0 Å². The van der Waals surface area contributed by atoms with Gasteiger partial charge in [-0.3, -0.25) is 0 Å². The van der Waals surface area contributed by atoms with Crippen molar-refractivity contribution in [3.05, 3.63) is 24.3 Å². The highest BCUT2D eigenvalue weighted by Gasteiger charge is 2.33. The molecule has 0 atom stereocenters. The van der Waals surface area contributed by atoms with Gasteiger partial charge in [0, 0.05) is 18.3 Å². The molecule has 1 aliphatic rings. The Morgan fingerprint density at radius 1 is 1.28 bits per heavy atom. The van der Waals surface area contributed by atoms with Crippen molar-refractivity contribution in [2.75, 3.05) is 18.1 Å². The van der Waals surface area contributed by atoms with Crippen molar-refractivity contribution in [1.29, 1.82) is 0 Å². The van der Waals surface area contributed by atoms with Gasteiger partial charge in [0.25, 0.3) is 0 Å². The van der Waals surface area contributed by atoms with Crippen LogP contribution in [0, 0.1) is 0 Å². The zero-order valence-electron chi connectivity index (χ0n) is 10.6. The van der Waals surface area contributed by atoms with E-state index in [-0.39, 0.29) is 5.54 Å². The molecule has 0 heterocycles. The van der Waals surface area contributed by atoms with E-state index in [1.165, 1.54) is 6.26 Å². The van der Waals surface area contributed by atoms with Gasteiger partial charge in [-0.15, -0.1) is 0 Å². The molecule has 100 valence electrons. The second kappa shape index (κ2) is 4.90. The highest BCUT2D eigenvalue weighted by atomic mass is 32.2. The Morgan fingerprint density at radius 2 is 1.89 bits per heavy atom. The van der Waals surface area contributed by atoms with Crippen LogP contribution in [0.5, 0.6) is 0 Å². The molecule has 0 bridgehead atoms. The summed E-state index contributed by atoms with van der Waals surface area (Å²) in [6.07, 6.45) is 5.52. The van der Waals surface area contributed by atoms with Crippen molar-refractivity contribution < 1.29 is 8.42 Å². The third-order valence-electron chi connectivity index (χ3n) is 3.64. The van der Waals surface area contributed by atoms with Crippen LogP contribution in [0.4, 0.5) is 5.69 Å². The Morgan fingerprint density at radius 3 is 2.44 bits per heavy atom. The molecular weight excluding hydrogens is 248 g/mol. The minimum atomic E-state index is -3.21. The summed E-state index contributed by atoms with van der Waals surface area (Å²) in [6, 6.07) is 7.03. The molecule has 1 fully saturated rings. The molecule has 0 aromatic heterocycles. The fourth-order valence-electron chi connectivity index (χ4n) is 2.61. The first-order chi connectivity index (χ1) is 8.47. The van der Waals surface area contributed by atoms with Crippen LogP contribution in [0.2, 0.25) is 0 Å². The van der Waals surface area contributed by atoms with Crippen molar-refractivity contribution in [3.63, 3.8) is 0 Å². The lowest BCUT2D eigenvalue weighted by Gasteiger charge is -2.30. The maximum atomic E-state index is 11.7. The van der Waals surface area contributed by atoms with E-state index in [2.05, 4.69) is 5.32 Å². The number of nitrogens with two attached hydrogens (primary N) is 1. The average Bonchev–Trinajstić information content (AvgIpc) is 2.78. The van der Waals surface area contributed by atoms with Crippen LogP contribution in [-0.4, -0.2) is 26.8 Å². The molecule has 0 spiro atoms. The Balaban J connectivity index is 2.35. The summed E-state index contributed by atoms with van der Waals surface area (Å²) in [7, 11) is -3.21. The lowest BCUT2D eigenvalue weighted by molar-refractivity contribution is 0.492. The molecular formula is C13H20N2O2S. The Hall–Kier alpha value is -1.07. The summed E-state index contributed by atoms with van der Waals surface area (Å²) in [4.78, 5) is 0.352. The summed E-state index contributed by atoms with van der Waals surface area (Å²) in [6.45, 7) is 0.533. The van der Waals surface area contributed by atoms with Gasteiger partial charge in [-0.1, -0.05) is 25.0 Å². The molecule has 3 N–H and O–H groups in total.